The Hall–Kier alpha value is -4.21. The second-order valence-electron chi connectivity index (χ2n) is 10.1. The standard InChI is InChI=1S/C33H33ClFN3O4S/c1-3-36-33(40)31(21-25-9-5-4-6-10-25)37(22-26-12-16-28(35)17-13-26)32(39)23-38(29-11-7-8-24(2)20-29)43(41,42)30-18-14-27(34)15-19-30/h4-20,31H,3,21-23H2,1-2H3,(H,36,40)/t31-/m0/s1. The molecule has 0 bridgehead atoms. The van der Waals surface area contributed by atoms with Crippen molar-refractivity contribution in [3.63, 3.8) is 0 Å². The third-order valence-corrected chi connectivity index (χ3v) is 8.90. The van der Waals surface area contributed by atoms with Crippen molar-refractivity contribution < 1.29 is 22.4 Å². The minimum atomic E-state index is -4.23. The molecule has 4 aromatic rings. The summed E-state index contributed by atoms with van der Waals surface area (Å²) in [5.74, 6) is -1.43. The van der Waals surface area contributed by atoms with Crippen LogP contribution in [0.15, 0.2) is 108 Å². The molecule has 0 aliphatic heterocycles. The molecule has 4 rings (SSSR count). The molecule has 0 heterocycles. The van der Waals surface area contributed by atoms with Gasteiger partial charge in [0.1, 0.15) is 18.4 Å². The smallest absolute Gasteiger partial charge is 0.264 e. The Morgan fingerprint density at radius 2 is 1.56 bits per heavy atom. The van der Waals surface area contributed by atoms with Crippen molar-refractivity contribution in [3.05, 3.63) is 131 Å². The quantitative estimate of drug-likeness (QED) is 0.218. The van der Waals surface area contributed by atoms with Crippen LogP contribution >= 0.6 is 11.6 Å². The number of hydrogen-bond donors (Lipinski definition) is 1. The monoisotopic (exact) mass is 621 g/mol. The Labute approximate surface area is 257 Å². The molecule has 0 unspecified atom stereocenters. The van der Waals surface area contributed by atoms with Crippen LogP contribution in [0.3, 0.4) is 0 Å². The predicted octanol–water partition coefficient (Wildman–Crippen LogP) is 5.76. The first-order chi connectivity index (χ1) is 20.6. The lowest BCUT2D eigenvalue weighted by Gasteiger charge is -2.34. The molecule has 2 amide bonds. The average Bonchev–Trinajstić information content (AvgIpc) is 2.99. The number of hydrogen-bond acceptors (Lipinski definition) is 4. The molecule has 224 valence electrons. The van der Waals surface area contributed by atoms with Crippen LogP contribution < -0.4 is 9.62 Å². The van der Waals surface area contributed by atoms with Gasteiger partial charge in [-0.2, -0.15) is 0 Å². The lowest BCUT2D eigenvalue weighted by atomic mass is 10.0. The van der Waals surface area contributed by atoms with Gasteiger partial charge in [0.25, 0.3) is 10.0 Å². The fraction of sp³-hybridized carbons (Fsp3) is 0.212. The summed E-state index contributed by atoms with van der Waals surface area (Å²) < 4.78 is 42.8. The highest BCUT2D eigenvalue weighted by atomic mass is 35.5. The molecule has 0 saturated carbocycles. The molecule has 0 saturated heterocycles. The zero-order chi connectivity index (χ0) is 31.0. The number of rotatable bonds is 12. The molecule has 43 heavy (non-hydrogen) atoms. The summed E-state index contributed by atoms with van der Waals surface area (Å²) >= 11 is 6.02. The van der Waals surface area contributed by atoms with E-state index in [1.54, 1.807) is 25.1 Å². The van der Waals surface area contributed by atoms with Crippen LogP contribution in [0.2, 0.25) is 5.02 Å². The minimum absolute atomic E-state index is 0.0409. The molecule has 4 aromatic carbocycles. The van der Waals surface area contributed by atoms with Gasteiger partial charge in [-0.25, -0.2) is 12.8 Å². The van der Waals surface area contributed by atoms with Gasteiger partial charge in [0.2, 0.25) is 11.8 Å². The molecular formula is C33H33ClFN3O4S. The molecule has 1 atom stereocenters. The second kappa shape index (κ2) is 14.3. The summed E-state index contributed by atoms with van der Waals surface area (Å²) in [7, 11) is -4.23. The summed E-state index contributed by atoms with van der Waals surface area (Å²) in [5, 5.41) is 3.18. The second-order valence-corrected chi connectivity index (χ2v) is 12.4. The number of nitrogens with one attached hydrogen (secondary N) is 1. The number of carbonyl (C=O) groups is 2. The summed E-state index contributed by atoms with van der Waals surface area (Å²) in [5.41, 5.74) is 2.50. The maximum Gasteiger partial charge on any atom is 0.264 e. The molecule has 7 nitrogen and oxygen atoms in total. The summed E-state index contributed by atoms with van der Waals surface area (Å²) in [4.78, 5) is 29.1. The van der Waals surface area contributed by atoms with Gasteiger partial charge >= 0.3 is 0 Å². The lowest BCUT2D eigenvalue weighted by molar-refractivity contribution is -0.140. The van der Waals surface area contributed by atoms with Gasteiger partial charge in [-0.1, -0.05) is 66.2 Å². The van der Waals surface area contributed by atoms with E-state index >= 15 is 0 Å². The third kappa shape index (κ3) is 8.21. The maximum atomic E-state index is 14.3. The van der Waals surface area contributed by atoms with Gasteiger partial charge in [0.15, 0.2) is 0 Å². The number of benzene rings is 4. The summed E-state index contributed by atoms with van der Waals surface area (Å²) in [6.45, 7) is 3.31. The van der Waals surface area contributed by atoms with E-state index in [2.05, 4.69) is 5.32 Å². The topological polar surface area (TPSA) is 86.8 Å². The molecule has 0 aromatic heterocycles. The van der Waals surface area contributed by atoms with Crippen molar-refractivity contribution >= 4 is 39.1 Å². The van der Waals surface area contributed by atoms with Crippen LogP contribution in [0.1, 0.15) is 23.6 Å². The summed E-state index contributed by atoms with van der Waals surface area (Å²) in [6.07, 6.45) is 0.188. The Morgan fingerprint density at radius 3 is 2.19 bits per heavy atom. The first-order valence-corrected chi connectivity index (χ1v) is 15.6. The third-order valence-electron chi connectivity index (χ3n) is 6.86. The van der Waals surface area contributed by atoms with E-state index < -0.39 is 34.3 Å². The molecule has 0 aliphatic rings. The fourth-order valence-electron chi connectivity index (χ4n) is 4.68. The Bertz CT molecular complexity index is 1650. The van der Waals surface area contributed by atoms with Gasteiger partial charge in [-0.15, -0.1) is 0 Å². The van der Waals surface area contributed by atoms with Gasteiger partial charge < -0.3 is 10.2 Å². The molecule has 0 aliphatic carbocycles. The average molecular weight is 622 g/mol. The molecule has 0 radical (unpaired) electrons. The van der Waals surface area contributed by atoms with Gasteiger partial charge in [0.05, 0.1) is 10.6 Å². The Balaban J connectivity index is 1.79. The van der Waals surface area contributed by atoms with Gasteiger partial charge in [-0.3, -0.25) is 13.9 Å². The fourth-order valence-corrected chi connectivity index (χ4v) is 6.21. The zero-order valence-corrected chi connectivity index (χ0v) is 25.5. The highest BCUT2D eigenvalue weighted by Crippen LogP contribution is 2.26. The molecule has 1 N–H and O–H groups in total. The minimum Gasteiger partial charge on any atom is -0.355 e. The largest absolute Gasteiger partial charge is 0.355 e. The van der Waals surface area contributed by atoms with Crippen molar-refractivity contribution in [3.8, 4) is 0 Å². The van der Waals surface area contributed by atoms with E-state index in [1.165, 1.54) is 53.4 Å². The normalized spacial score (nSPS) is 11.9. The lowest BCUT2D eigenvalue weighted by Crippen LogP contribution is -2.53. The van der Waals surface area contributed by atoms with Crippen LogP contribution in [-0.2, 0) is 32.6 Å². The van der Waals surface area contributed by atoms with Crippen LogP contribution in [-0.4, -0.2) is 44.3 Å². The van der Waals surface area contributed by atoms with E-state index in [0.29, 0.717) is 22.8 Å². The number of nitrogens with zero attached hydrogens (tertiary/aromatic N) is 2. The first-order valence-electron chi connectivity index (χ1n) is 13.8. The van der Waals surface area contributed by atoms with Crippen LogP contribution in [0.25, 0.3) is 0 Å². The van der Waals surface area contributed by atoms with E-state index in [-0.39, 0.29) is 23.8 Å². The number of carbonyl (C=O) groups excluding carboxylic acids is 2. The number of anilines is 1. The summed E-state index contributed by atoms with van der Waals surface area (Å²) in [6, 6.07) is 26.4. The number of likely N-dealkylation sites (N-methyl/N-ethyl adjacent to an activating group) is 1. The van der Waals surface area contributed by atoms with Crippen LogP contribution in [0, 0.1) is 12.7 Å². The van der Waals surface area contributed by atoms with E-state index in [4.69, 9.17) is 11.6 Å². The van der Waals surface area contributed by atoms with Crippen molar-refractivity contribution in [1.29, 1.82) is 0 Å². The first kappa shape index (κ1) is 31.7. The molecular weight excluding hydrogens is 589 g/mol. The molecule has 10 heteroatoms. The predicted molar refractivity (Wildman–Crippen MR) is 167 cm³/mol. The number of halogens is 2. The highest BCUT2D eigenvalue weighted by Gasteiger charge is 2.34. The van der Waals surface area contributed by atoms with Crippen molar-refractivity contribution in [2.45, 2.75) is 37.8 Å². The Kier molecular flexibility index (Phi) is 10.6. The van der Waals surface area contributed by atoms with E-state index in [1.807, 2.05) is 43.3 Å². The van der Waals surface area contributed by atoms with Gasteiger partial charge in [-0.05, 0) is 79.1 Å². The maximum absolute atomic E-state index is 14.3. The molecule has 0 spiro atoms. The SMILES string of the molecule is CCNC(=O)[C@H](Cc1ccccc1)N(Cc1ccc(F)cc1)C(=O)CN(c1cccc(C)c1)S(=O)(=O)c1ccc(Cl)cc1. The van der Waals surface area contributed by atoms with E-state index in [9.17, 15) is 22.4 Å². The van der Waals surface area contributed by atoms with Crippen LogP contribution in [0.5, 0.6) is 0 Å². The molecule has 0 fully saturated rings. The number of sulfonamides is 1. The van der Waals surface area contributed by atoms with E-state index in [0.717, 1.165) is 15.4 Å². The highest BCUT2D eigenvalue weighted by molar-refractivity contribution is 7.92. The van der Waals surface area contributed by atoms with Crippen molar-refractivity contribution in [2.75, 3.05) is 17.4 Å². The zero-order valence-electron chi connectivity index (χ0n) is 23.9. The van der Waals surface area contributed by atoms with Crippen molar-refractivity contribution in [2.24, 2.45) is 0 Å². The Morgan fingerprint density at radius 1 is 0.884 bits per heavy atom. The van der Waals surface area contributed by atoms with Gasteiger partial charge in [0, 0.05) is 24.5 Å². The number of amides is 2. The van der Waals surface area contributed by atoms with Crippen LogP contribution in [0.4, 0.5) is 10.1 Å². The van der Waals surface area contributed by atoms with Crippen molar-refractivity contribution in [1.82, 2.24) is 10.2 Å². The number of aryl methyl sites for hydroxylation is 1.